The molecule has 1 atom stereocenters. The normalized spacial score (nSPS) is 20.2. The first-order valence-corrected chi connectivity index (χ1v) is 11.8. The number of benzene rings is 1. The Labute approximate surface area is 190 Å². The highest BCUT2D eigenvalue weighted by Crippen LogP contribution is 2.32. The number of aryl methyl sites for hydroxylation is 1. The maximum atomic E-state index is 5.71. The minimum Gasteiger partial charge on any atom is -0.354 e. The molecule has 32 heavy (non-hydrogen) atoms. The first kappa shape index (κ1) is 21.1. The van der Waals surface area contributed by atoms with Crippen molar-refractivity contribution < 1.29 is 4.52 Å². The summed E-state index contributed by atoms with van der Waals surface area (Å²) in [7, 11) is 2.16. The van der Waals surface area contributed by atoms with Crippen LogP contribution in [0.15, 0.2) is 53.2 Å². The van der Waals surface area contributed by atoms with Gasteiger partial charge in [-0.05, 0) is 63.5 Å². The fourth-order valence-corrected chi connectivity index (χ4v) is 4.73. The fraction of sp³-hybridized carbons (Fsp3) is 0.480. The number of nitrogens with zero attached hydrogens (tertiary/aromatic N) is 6. The average Bonchev–Trinajstić information content (AvgIpc) is 3.50. The van der Waals surface area contributed by atoms with Gasteiger partial charge in [-0.25, -0.2) is 4.98 Å². The molecule has 2 aliphatic heterocycles. The summed E-state index contributed by atoms with van der Waals surface area (Å²) in [4.78, 5) is 16.6. The van der Waals surface area contributed by atoms with Crippen LogP contribution < -0.4 is 4.90 Å². The number of anilines is 1. The van der Waals surface area contributed by atoms with Crippen molar-refractivity contribution in [3.8, 4) is 11.4 Å². The highest BCUT2D eigenvalue weighted by Gasteiger charge is 2.30. The van der Waals surface area contributed by atoms with Crippen LogP contribution in [0.5, 0.6) is 0 Å². The average molecular weight is 433 g/mol. The molecule has 0 N–H and O–H groups in total. The zero-order valence-electron chi connectivity index (χ0n) is 18.9. The highest BCUT2D eigenvalue weighted by atomic mass is 16.5. The number of hydrogen-bond acceptors (Lipinski definition) is 7. The molecule has 4 heterocycles. The Kier molecular flexibility index (Phi) is 6.46. The largest absolute Gasteiger partial charge is 0.354 e. The van der Waals surface area contributed by atoms with Crippen LogP contribution in [0.3, 0.4) is 0 Å². The smallest absolute Gasteiger partial charge is 0.244 e. The summed E-state index contributed by atoms with van der Waals surface area (Å²) in [5, 5.41) is 4.27. The Morgan fingerprint density at radius 2 is 1.84 bits per heavy atom. The number of aromatic nitrogens is 3. The number of pyridine rings is 1. The van der Waals surface area contributed by atoms with Gasteiger partial charge in [-0.1, -0.05) is 35.5 Å². The highest BCUT2D eigenvalue weighted by molar-refractivity contribution is 5.56. The summed E-state index contributed by atoms with van der Waals surface area (Å²) in [6.45, 7) is 6.31. The van der Waals surface area contributed by atoms with Crippen LogP contribution in [0.1, 0.15) is 36.8 Å². The van der Waals surface area contributed by atoms with Crippen molar-refractivity contribution in [2.24, 2.45) is 0 Å². The minimum atomic E-state index is 0.226. The number of rotatable bonds is 7. The Balaban J connectivity index is 1.20. The predicted molar refractivity (Wildman–Crippen MR) is 126 cm³/mol. The molecule has 3 aromatic rings. The van der Waals surface area contributed by atoms with Crippen molar-refractivity contribution in [2.75, 3.05) is 51.2 Å². The predicted octanol–water partition coefficient (Wildman–Crippen LogP) is 3.65. The summed E-state index contributed by atoms with van der Waals surface area (Å²) in [5.74, 6) is 2.39. The van der Waals surface area contributed by atoms with Gasteiger partial charge in [-0.3, -0.25) is 4.90 Å². The molecule has 0 aliphatic carbocycles. The summed E-state index contributed by atoms with van der Waals surface area (Å²) in [6.07, 6.45) is 6.36. The third kappa shape index (κ3) is 4.84. The fourth-order valence-electron chi connectivity index (χ4n) is 4.73. The van der Waals surface area contributed by atoms with Crippen molar-refractivity contribution in [3.63, 3.8) is 0 Å². The van der Waals surface area contributed by atoms with Crippen LogP contribution in [-0.2, 0) is 6.42 Å². The summed E-state index contributed by atoms with van der Waals surface area (Å²) in [6, 6.07) is 15.1. The van der Waals surface area contributed by atoms with Crippen LogP contribution in [0.25, 0.3) is 11.4 Å². The lowest BCUT2D eigenvalue weighted by atomic mass is 10.1. The maximum absolute atomic E-state index is 5.71. The van der Waals surface area contributed by atoms with Crippen LogP contribution in [0, 0.1) is 0 Å². The molecular weight excluding hydrogens is 400 g/mol. The molecule has 168 valence electrons. The molecule has 0 radical (unpaired) electrons. The van der Waals surface area contributed by atoms with Gasteiger partial charge in [0.2, 0.25) is 11.7 Å². The van der Waals surface area contributed by atoms with Crippen LogP contribution in [-0.4, -0.2) is 71.2 Å². The SMILES string of the molecule is CN1CCN(c2ccc(-c3noc([C@@H]4CCCN4CCCc4ccccc4)n3)cn2)CC1. The van der Waals surface area contributed by atoms with Gasteiger partial charge in [-0.15, -0.1) is 0 Å². The van der Waals surface area contributed by atoms with E-state index in [1.165, 1.54) is 12.0 Å². The second-order valence-electron chi connectivity index (χ2n) is 8.93. The van der Waals surface area contributed by atoms with Crippen LogP contribution in [0.4, 0.5) is 5.82 Å². The molecular formula is C25H32N6O. The van der Waals surface area contributed by atoms with Gasteiger partial charge in [0.25, 0.3) is 0 Å². The molecule has 2 aliphatic rings. The van der Waals surface area contributed by atoms with E-state index in [2.05, 4.69) is 74.4 Å². The molecule has 2 saturated heterocycles. The van der Waals surface area contributed by atoms with Crippen molar-refractivity contribution in [1.82, 2.24) is 24.9 Å². The topological polar surface area (TPSA) is 61.5 Å². The van der Waals surface area contributed by atoms with Crippen molar-refractivity contribution in [2.45, 2.75) is 31.7 Å². The van der Waals surface area contributed by atoms with Gasteiger partial charge in [-0.2, -0.15) is 4.98 Å². The zero-order valence-corrected chi connectivity index (χ0v) is 18.9. The van der Waals surface area contributed by atoms with E-state index in [1.807, 2.05) is 6.20 Å². The molecule has 0 saturated carbocycles. The van der Waals surface area contributed by atoms with E-state index in [0.717, 1.165) is 75.8 Å². The van der Waals surface area contributed by atoms with E-state index in [9.17, 15) is 0 Å². The molecule has 0 unspecified atom stereocenters. The second kappa shape index (κ2) is 9.79. The number of hydrogen-bond donors (Lipinski definition) is 0. The Hall–Kier alpha value is -2.77. The molecule has 5 rings (SSSR count). The van der Waals surface area contributed by atoms with Crippen LogP contribution in [0.2, 0.25) is 0 Å². The van der Waals surface area contributed by atoms with E-state index in [-0.39, 0.29) is 6.04 Å². The van der Waals surface area contributed by atoms with E-state index in [0.29, 0.717) is 5.82 Å². The molecule has 0 amide bonds. The van der Waals surface area contributed by atoms with Gasteiger partial charge in [0.15, 0.2) is 0 Å². The van der Waals surface area contributed by atoms with Gasteiger partial charge in [0.1, 0.15) is 5.82 Å². The van der Waals surface area contributed by atoms with E-state index in [4.69, 9.17) is 9.51 Å². The quantitative estimate of drug-likeness (QED) is 0.565. The molecule has 0 spiro atoms. The lowest BCUT2D eigenvalue weighted by Crippen LogP contribution is -2.44. The molecule has 0 bridgehead atoms. The summed E-state index contributed by atoms with van der Waals surface area (Å²) < 4.78 is 5.71. The van der Waals surface area contributed by atoms with E-state index >= 15 is 0 Å². The van der Waals surface area contributed by atoms with Gasteiger partial charge >= 0.3 is 0 Å². The molecule has 2 fully saturated rings. The van der Waals surface area contributed by atoms with Gasteiger partial charge in [0, 0.05) is 37.9 Å². The Bertz CT molecular complexity index is 981. The monoisotopic (exact) mass is 432 g/mol. The van der Waals surface area contributed by atoms with Crippen molar-refractivity contribution in [1.29, 1.82) is 0 Å². The number of likely N-dealkylation sites (tertiary alicyclic amines) is 1. The second-order valence-corrected chi connectivity index (χ2v) is 8.93. The number of likely N-dealkylation sites (N-methyl/N-ethyl adjacent to an activating group) is 1. The van der Waals surface area contributed by atoms with E-state index in [1.54, 1.807) is 0 Å². The molecule has 7 heteroatoms. The van der Waals surface area contributed by atoms with E-state index < -0.39 is 0 Å². The maximum Gasteiger partial charge on any atom is 0.244 e. The van der Waals surface area contributed by atoms with Gasteiger partial charge < -0.3 is 14.3 Å². The van der Waals surface area contributed by atoms with Crippen molar-refractivity contribution >= 4 is 5.82 Å². The van der Waals surface area contributed by atoms with Crippen LogP contribution >= 0.6 is 0 Å². The zero-order chi connectivity index (χ0) is 21.8. The summed E-state index contributed by atoms with van der Waals surface area (Å²) >= 11 is 0. The Morgan fingerprint density at radius 1 is 1.00 bits per heavy atom. The first-order valence-electron chi connectivity index (χ1n) is 11.8. The molecule has 1 aromatic carbocycles. The number of piperazine rings is 1. The molecule has 7 nitrogen and oxygen atoms in total. The standard InChI is InChI=1S/C25H32N6O/c1-29-15-17-31(18-16-29)23-12-11-21(19-26-23)24-27-25(32-28-24)22-10-6-14-30(22)13-5-9-20-7-3-2-4-8-20/h2-4,7-8,11-12,19,22H,5-6,9-10,13-18H2,1H3/t22-/m0/s1. The third-order valence-electron chi connectivity index (χ3n) is 6.68. The summed E-state index contributed by atoms with van der Waals surface area (Å²) in [5.41, 5.74) is 2.31. The Morgan fingerprint density at radius 3 is 2.62 bits per heavy atom. The minimum absolute atomic E-state index is 0.226. The van der Waals surface area contributed by atoms with Gasteiger partial charge in [0.05, 0.1) is 6.04 Å². The lowest BCUT2D eigenvalue weighted by Gasteiger charge is -2.33. The van der Waals surface area contributed by atoms with Crippen molar-refractivity contribution in [3.05, 3.63) is 60.1 Å². The first-order chi connectivity index (χ1) is 15.8. The lowest BCUT2D eigenvalue weighted by molar-refractivity contribution is 0.206. The third-order valence-corrected chi connectivity index (χ3v) is 6.68. The molecule has 2 aromatic heterocycles.